The second kappa shape index (κ2) is 7.42. The zero-order chi connectivity index (χ0) is 20.7. The van der Waals surface area contributed by atoms with Gasteiger partial charge in [-0.15, -0.1) is 0 Å². The summed E-state index contributed by atoms with van der Waals surface area (Å²) >= 11 is 1.46. The molecule has 1 amide bonds. The van der Waals surface area contributed by atoms with Crippen molar-refractivity contribution in [3.8, 4) is 11.5 Å². The van der Waals surface area contributed by atoms with Crippen molar-refractivity contribution in [2.24, 2.45) is 0 Å². The minimum atomic E-state index is -0.0841. The lowest BCUT2D eigenvalue weighted by molar-refractivity contribution is 0.0984. The number of thiazole rings is 1. The van der Waals surface area contributed by atoms with Crippen molar-refractivity contribution in [2.45, 2.75) is 20.4 Å². The highest BCUT2D eigenvalue weighted by Crippen LogP contribution is 2.40. The van der Waals surface area contributed by atoms with Crippen LogP contribution in [0, 0.1) is 13.8 Å². The summed E-state index contributed by atoms with van der Waals surface area (Å²) < 4.78 is 11.9. The van der Waals surface area contributed by atoms with Gasteiger partial charge in [0.25, 0.3) is 5.91 Å². The molecule has 0 bridgehead atoms. The summed E-state index contributed by atoms with van der Waals surface area (Å²) in [5.41, 5.74) is 4.37. The molecule has 0 radical (unpaired) electrons. The van der Waals surface area contributed by atoms with Crippen LogP contribution in [0.5, 0.6) is 11.5 Å². The third kappa shape index (κ3) is 3.37. The lowest BCUT2D eigenvalue weighted by Gasteiger charge is -2.21. The number of fused-ring (bicyclic) bond motifs is 2. The molecule has 30 heavy (non-hydrogen) atoms. The van der Waals surface area contributed by atoms with Gasteiger partial charge in [0.2, 0.25) is 6.79 Å². The number of ether oxygens (including phenoxy) is 2. The van der Waals surface area contributed by atoms with E-state index < -0.39 is 0 Å². The predicted molar refractivity (Wildman–Crippen MR) is 116 cm³/mol. The molecule has 7 heteroatoms. The molecule has 0 fully saturated rings. The number of carbonyl (C=O) groups excluding carboxylic acids is 1. The minimum Gasteiger partial charge on any atom is -0.454 e. The second-order valence-electron chi connectivity index (χ2n) is 7.24. The van der Waals surface area contributed by atoms with Crippen LogP contribution in [-0.2, 0) is 6.54 Å². The summed E-state index contributed by atoms with van der Waals surface area (Å²) in [5, 5.41) is 0.628. The largest absolute Gasteiger partial charge is 0.454 e. The second-order valence-corrected chi connectivity index (χ2v) is 8.25. The van der Waals surface area contributed by atoms with Crippen LogP contribution in [0.2, 0.25) is 0 Å². The summed E-state index contributed by atoms with van der Waals surface area (Å²) in [6.45, 7) is 4.54. The fourth-order valence-electron chi connectivity index (χ4n) is 3.43. The molecular formula is C23H19N3O3S. The average molecular weight is 417 g/mol. The van der Waals surface area contributed by atoms with Crippen LogP contribution in [0.4, 0.5) is 5.13 Å². The highest BCUT2D eigenvalue weighted by atomic mass is 32.1. The van der Waals surface area contributed by atoms with Gasteiger partial charge < -0.3 is 9.47 Å². The number of anilines is 1. The molecule has 0 aliphatic carbocycles. The summed E-state index contributed by atoms with van der Waals surface area (Å²) in [6.07, 6.45) is 3.49. The SMILES string of the molecule is Cc1ccc(C)c(C(=O)N(Cc2cccnc2)c2nc3cc4c(cc3s2)OCO4)c1. The Kier molecular flexibility index (Phi) is 4.59. The standard InChI is InChI=1S/C23H19N3O3S/c1-14-5-6-15(2)17(8-14)22(27)26(12-16-4-3-7-24-11-16)23-25-18-9-19-20(29-13-28-19)10-21(18)30-23/h3-11H,12-13H2,1-2H3. The van der Waals surface area contributed by atoms with Crippen LogP contribution < -0.4 is 14.4 Å². The summed E-state index contributed by atoms with van der Waals surface area (Å²) in [6, 6.07) is 13.5. The Morgan fingerprint density at radius 3 is 2.77 bits per heavy atom. The number of nitrogens with zero attached hydrogens (tertiary/aromatic N) is 3. The van der Waals surface area contributed by atoms with Gasteiger partial charge in [-0.05, 0) is 37.1 Å². The maximum Gasteiger partial charge on any atom is 0.260 e. The first kappa shape index (κ1) is 18.6. The number of hydrogen-bond donors (Lipinski definition) is 0. The fourth-order valence-corrected chi connectivity index (χ4v) is 4.41. The van der Waals surface area contributed by atoms with Crippen LogP contribution in [0.25, 0.3) is 10.2 Å². The Hall–Kier alpha value is -3.45. The van der Waals surface area contributed by atoms with E-state index in [1.54, 1.807) is 17.3 Å². The number of benzene rings is 2. The van der Waals surface area contributed by atoms with E-state index >= 15 is 0 Å². The van der Waals surface area contributed by atoms with Crippen molar-refractivity contribution in [2.75, 3.05) is 11.7 Å². The molecule has 0 unspecified atom stereocenters. The van der Waals surface area contributed by atoms with E-state index in [1.807, 2.05) is 56.3 Å². The topological polar surface area (TPSA) is 64.6 Å². The van der Waals surface area contributed by atoms with Gasteiger partial charge in [0.15, 0.2) is 16.6 Å². The average Bonchev–Trinajstić information content (AvgIpc) is 3.38. The zero-order valence-corrected chi connectivity index (χ0v) is 17.4. The van der Waals surface area contributed by atoms with E-state index in [4.69, 9.17) is 14.5 Å². The molecular weight excluding hydrogens is 398 g/mol. The van der Waals surface area contributed by atoms with Gasteiger partial charge in [0.1, 0.15) is 0 Å². The third-order valence-corrected chi connectivity index (χ3v) is 6.08. The van der Waals surface area contributed by atoms with Crippen LogP contribution >= 0.6 is 11.3 Å². The number of pyridine rings is 1. The van der Waals surface area contributed by atoms with Gasteiger partial charge in [0.05, 0.1) is 16.8 Å². The van der Waals surface area contributed by atoms with Gasteiger partial charge in [-0.1, -0.05) is 35.1 Å². The van der Waals surface area contributed by atoms with Crippen LogP contribution in [-0.4, -0.2) is 22.7 Å². The maximum atomic E-state index is 13.6. The highest BCUT2D eigenvalue weighted by Gasteiger charge is 2.24. The van der Waals surface area contributed by atoms with Crippen molar-refractivity contribution < 1.29 is 14.3 Å². The Morgan fingerprint density at radius 1 is 1.13 bits per heavy atom. The van der Waals surface area contributed by atoms with Crippen molar-refractivity contribution in [1.29, 1.82) is 0 Å². The van der Waals surface area contributed by atoms with E-state index in [-0.39, 0.29) is 12.7 Å². The number of aromatic nitrogens is 2. The Labute approximate surface area is 177 Å². The monoisotopic (exact) mass is 417 g/mol. The molecule has 150 valence electrons. The molecule has 2 aromatic heterocycles. The van der Waals surface area contributed by atoms with Crippen molar-refractivity contribution >= 4 is 32.6 Å². The number of carbonyl (C=O) groups is 1. The Morgan fingerprint density at radius 2 is 1.97 bits per heavy atom. The summed E-state index contributed by atoms with van der Waals surface area (Å²) in [7, 11) is 0. The lowest BCUT2D eigenvalue weighted by Crippen LogP contribution is -2.31. The molecule has 0 atom stereocenters. The van der Waals surface area contributed by atoms with E-state index in [0.717, 1.165) is 26.9 Å². The molecule has 6 nitrogen and oxygen atoms in total. The van der Waals surface area contributed by atoms with Crippen molar-refractivity contribution in [3.63, 3.8) is 0 Å². The molecule has 4 aromatic rings. The molecule has 0 saturated heterocycles. The smallest absolute Gasteiger partial charge is 0.260 e. The highest BCUT2D eigenvalue weighted by molar-refractivity contribution is 7.22. The number of amides is 1. The first-order valence-corrected chi connectivity index (χ1v) is 10.4. The van der Waals surface area contributed by atoms with Crippen molar-refractivity contribution in [3.05, 3.63) is 77.1 Å². The lowest BCUT2D eigenvalue weighted by atomic mass is 10.0. The minimum absolute atomic E-state index is 0.0841. The molecule has 2 aromatic carbocycles. The molecule has 5 rings (SSSR count). The Bertz CT molecular complexity index is 1210. The molecule has 0 saturated carbocycles. The predicted octanol–water partition coefficient (Wildman–Crippen LogP) is 4.88. The van der Waals surface area contributed by atoms with Crippen LogP contribution in [0.15, 0.2) is 54.9 Å². The summed E-state index contributed by atoms with van der Waals surface area (Å²) in [4.78, 5) is 24.3. The first-order valence-electron chi connectivity index (χ1n) is 9.57. The molecule has 1 aliphatic rings. The van der Waals surface area contributed by atoms with Crippen LogP contribution in [0.3, 0.4) is 0 Å². The summed E-state index contributed by atoms with van der Waals surface area (Å²) in [5.74, 6) is 1.30. The number of rotatable bonds is 4. The van der Waals surface area contributed by atoms with Gasteiger partial charge in [-0.3, -0.25) is 14.7 Å². The van der Waals surface area contributed by atoms with Gasteiger partial charge >= 0.3 is 0 Å². The van der Waals surface area contributed by atoms with Crippen LogP contribution in [0.1, 0.15) is 27.0 Å². The van der Waals surface area contributed by atoms with E-state index in [1.165, 1.54) is 11.3 Å². The zero-order valence-electron chi connectivity index (χ0n) is 16.6. The van der Waals surface area contributed by atoms with Gasteiger partial charge in [-0.2, -0.15) is 0 Å². The normalized spacial score (nSPS) is 12.3. The molecule has 0 N–H and O–H groups in total. The molecule has 3 heterocycles. The van der Waals surface area contributed by atoms with Crippen molar-refractivity contribution in [1.82, 2.24) is 9.97 Å². The van der Waals surface area contributed by atoms with E-state index in [9.17, 15) is 4.79 Å². The first-order chi connectivity index (χ1) is 14.6. The third-order valence-electron chi connectivity index (χ3n) is 5.03. The van der Waals surface area contributed by atoms with E-state index in [0.29, 0.717) is 28.7 Å². The molecule has 1 aliphatic heterocycles. The quantitative estimate of drug-likeness (QED) is 0.473. The van der Waals surface area contributed by atoms with Gasteiger partial charge in [-0.25, -0.2) is 4.98 Å². The van der Waals surface area contributed by atoms with E-state index in [2.05, 4.69) is 4.98 Å². The van der Waals surface area contributed by atoms with Gasteiger partial charge in [0, 0.05) is 30.1 Å². The number of aryl methyl sites for hydroxylation is 2. The number of hydrogen-bond acceptors (Lipinski definition) is 6. The maximum absolute atomic E-state index is 13.6. The molecule has 0 spiro atoms. The Balaban J connectivity index is 1.59. The fraction of sp³-hybridized carbons (Fsp3) is 0.174.